The van der Waals surface area contributed by atoms with Crippen LogP contribution in [0.4, 0.5) is 0 Å². The van der Waals surface area contributed by atoms with Crippen molar-refractivity contribution >= 4 is 10.9 Å². The lowest BCUT2D eigenvalue weighted by Gasteiger charge is -2.24. The number of para-hydroxylation sites is 1. The predicted octanol–water partition coefficient (Wildman–Crippen LogP) is -0.472. The number of aliphatic hydroxyl groups excluding tert-OH is 3. The van der Waals surface area contributed by atoms with Crippen molar-refractivity contribution in [2.45, 2.75) is 24.8 Å². The zero-order valence-corrected chi connectivity index (χ0v) is 10.9. The Morgan fingerprint density at radius 2 is 2.15 bits per heavy atom. The Kier molecular flexibility index (Phi) is 3.62. The van der Waals surface area contributed by atoms with Crippen molar-refractivity contribution < 1.29 is 15.3 Å². The third-order valence-corrected chi connectivity index (χ3v) is 3.86. The predicted molar refractivity (Wildman–Crippen MR) is 72.8 cm³/mol. The van der Waals surface area contributed by atoms with Gasteiger partial charge in [0.2, 0.25) is 0 Å². The molecular weight excluding hydrogens is 258 g/mol. The summed E-state index contributed by atoms with van der Waals surface area (Å²) in [5, 5.41) is 29.9. The highest BCUT2D eigenvalue weighted by molar-refractivity contribution is 5.80. The summed E-state index contributed by atoms with van der Waals surface area (Å²) < 4.78 is 0. The number of hydrogen-bond donors (Lipinski definition) is 3. The molecule has 0 spiro atoms. The first-order valence-corrected chi connectivity index (χ1v) is 6.59. The normalized spacial score (nSPS) is 27.2. The zero-order chi connectivity index (χ0) is 14.1. The third-order valence-electron chi connectivity index (χ3n) is 3.86. The molecule has 6 heteroatoms. The minimum atomic E-state index is -0.912. The van der Waals surface area contributed by atoms with E-state index in [4.69, 9.17) is 0 Å². The second kappa shape index (κ2) is 5.41. The summed E-state index contributed by atoms with van der Waals surface area (Å²) in [7, 11) is 0. The van der Waals surface area contributed by atoms with Crippen LogP contribution in [0.15, 0.2) is 30.7 Å². The van der Waals surface area contributed by atoms with E-state index in [1.54, 1.807) is 6.20 Å². The van der Waals surface area contributed by atoms with Gasteiger partial charge in [-0.1, -0.05) is 18.2 Å². The molecule has 20 heavy (non-hydrogen) atoms. The molecule has 1 saturated heterocycles. The summed E-state index contributed by atoms with van der Waals surface area (Å²) in [6.45, 7) is 0.680. The van der Waals surface area contributed by atoms with Crippen molar-refractivity contribution in [1.29, 1.82) is 0 Å². The Balaban J connectivity index is 1.90. The molecule has 6 nitrogen and oxygen atoms in total. The highest BCUT2D eigenvalue weighted by Gasteiger charge is 2.39. The Morgan fingerprint density at radius 3 is 2.95 bits per heavy atom. The first-order chi connectivity index (χ1) is 9.70. The largest absolute Gasteiger partial charge is 0.395 e. The molecule has 0 aliphatic carbocycles. The molecule has 0 saturated carbocycles. The van der Waals surface area contributed by atoms with Crippen LogP contribution in [0, 0.1) is 0 Å². The fourth-order valence-corrected chi connectivity index (χ4v) is 2.79. The van der Waals surface area contributed by atoms with Gasteiger partial charge in [-0.15, -0.1) is 0 Å². The van der Waals surface area contributed by atoms with E-state index in [0.717, 1.165) is 16.5 Å². The summed E-state index contributed by atoms with van der Waals surface area (Å²) in [4.78, 5) is 10.2. The molecule has 2 aromatic rings. The van der Waals surface area contributed by atoms with E-state index in [1.165, 1.54) is 6.33 Å². The number of likely N-dealkylation sites (tertiary alicyclic amines) is 1. The maximum Gasteiger partial charge on any atom is 0.116 e. The van der Waals surface area contributed by atoms with Crippen molar-refractivity contribution in [2.24, 2.45) is 0 Å². The average Bonchev–Trinajstić information content (AvgIpc) is 2.74. The Bertz CT molecular complexity index is 602. The molecule has 0 radical (unpaired) electrons. The van der Waals surface area contributed by atoms with E-state index in [0.29, 0.717) is 13.1 Å². The SMILES string of the molecule is OC[C@@H]1[C@@H](O)[C@@H](O)CN1Cc1cccc2cncnc12. The lowest BCUT2D eigenvalue weighted by molar-refractivity contribution is 0.0210. The van der Waals surface area contributed by atoms with Crippen molar-refractivity contribution in [1.82, 2.24) is 14.9 Å². The van der Waals surface area contributed by atoms with Crippen LogP contribution < -0.4 is 0 Å². The van der Waals surface area contributed by atoms with Gasteiger partial charge < -0.3 is 15.3 Å². The van der Waals surface area contributed by atoms with Crippen molar-refractivity contribution in [3.8, 4) is 0 Å². The summed E-state index contributed by atoms with van der Waals surface area (Å²) in [6, 6.07) is 5.39. The molecule has 106 valence electrons. The number of β-amino-alcohol motifs (C(OH)–C–C–N with tert-alkyl or cyclic N) is 1. The first-order valence-electron chi connectivity index (χ1n) is 6.59. The number of nitrogens with zero attached hydrogens (tertiary/aromatic N) is 3. The molecule has 2 heterocycles. The van der Waals surface area contributed by atoms with E-state index in [1.807, 2.05) is 23.1 Å². The maximum absolute atomic E-state index is 9.84. The average molecular weight is 275 g/mol. The van der Waals surface area contributed by atoms with Crippen LogP contribution >= 0.6 is 0 Å². The van der Waals surface area contributed by atoms with Crippen LogP contribution in [0.5, 0.6) is 0 Å². The smallest absolute Gasteiger partial charge is 0.116 e. The van der Waals surface area contributed by atoms with E-state index in [9.17, 15) is 15.3 Å². The van der Waals surface area contributed by atoms with Gasteiger partial charge in [0.05, 0.1) is 30.4 Å². The molecule has 3 N–H and O–H groups in total. The maximum atomic E-state index is 9.84. The molecule has 1 aromatic heterocycles. The van der Waals surface area contributed by atoms with Crippen LogP contribution in [0.25, 0.3) is 10.9 Å². The van der Waals surface area contributed by atoms with E-state index in [-0.39, 0.29) is 6.61 Å². The lowest BCUT2D eigenvalue weighted by atomic mass is 10.1. The van der Waals surface area contributed by atoms with Crippen LogP contribution in [-0.2, 0) is 6.54 Å². The number of aliphatic hydroxyl groups is 3. The van der Waals surface area contributed by atoms with Gasteiger partial charge in [0, 0.05) is 24.7 Å². The molecule has 0 bridgehead atoms. The lowest BCUT2D eigenvalue weighted by Crippen LogP contribution is -2.38. The molecule has 1 aliphatic rings. The van der Waals surface area contributed by atoms with Crippen LogP contribution in [0.3, 0.4) is 0 Å². The number of fused-ring (bicyclic) bond motifs is 1. The van der Waals surface area contributed by atoms with E-state index >= 15 is 0 Å². The highest BCUT2D eigenvalue weighted by Crippen LogP contribution is 2.23. The van der Waals surface area contributed by atoms with Gasteiger partial charge in [-0.05, 0) is 5.56 Å². The Labute approximate surface area is 116 Å². The minimum absolute atomic E-state index is 0.183. The molecule has 0 amide bonds. The fraction of sp³-hybridized carbons (Fsp3) is 0.429. The van der Waals surface area contributed by atoms with Gasteiger partial charge in [0.25, 0.3) is 0 Å². The number of rotatable bonds is 3. The molecule has 0 unspecified atom stereocenters. The van der Waals surface area contributed by atoms with Crippen molar-refractivity contribution in [3.05, 3.63) is 36.3 Å². The first kappa shape index (κ1) is 13.4. The van der Waals surface area contributed by atoms with Crippen LogP contribution in [0.2, 0.25) is 0 Å². The van der Waals surface area contributed by atoms with Gasteiger partial charge in [-0.25, -0.2) is 9.97 Å². The standard InChI is InChI=1S/C14H17N3O3/c18-7-11-14(20)12(19)6-17(11)5-10-3-1-2-9-4-15-8-16-13(9)10/h1-4,8,11-12,14,18-20H,5-7H2/t11-,12+,14-/m1/s1. The quantitative estimate of drug-likeness (QED) is 0.701. The third kappa shape index (κ3) is 2.27. The number of hydrogen-bond acceptors (Lipinski definition) is 6. The van der Waals surface area contributed by atoms with Crippen molar-refractivity contribution in [2.75, 3.05) is 13.2 Å². The molecule has 3 rings (SSSR count). The topological polar surface area (TPSA) is 89.7 Å². The zero-order valence-electron chi connectivity index (χ0n) is 10.9. The van der Waals surface area contributed by atoms with Gasteiger partial charge in [-0.3, -0.25) is 4.90 Å². The highest BCUT2D eigenvalue weighted by atomic mass is 16.3. The summed E-state index contributed by atoms with van der Waals surface area (Å²) in [5.41, 5.74) is 1.85. The second-order valence-corrected chi connectivity index (χ2v) is 5.12. The molecular formula is C14H17N3O3. The van der Waals surface area contributed by atoms with Crippen LogP contribution in [-0.4, -0.2) is 61.6 Å². The molecule has 3 atom stereocenters. The van der Waals surface area contributed by atoms with Gasteiger partial charge in [-0.2, -0.15) is 0 Å². The van der Waals surface area contributed by atoms with Gasteiger partial charge in [0.15, 0.2) is 0 Å². The van der Waals surface area contributed by atoms with Crippen LogP contribution in [0.1, 0.15) is 5.56 Å². The van der Waals surface area contributed by atoms with Gasteiger partial charge >= 0.3 is 0 Å². The van der Waals surface area contributed by atoms with E-state index < -0.39 is 18.2 Å². The van der Waals surface area contributed by atoms with Crippen molar-refractivity contribution in [3.63, 3.8) is 0 Å². The van der Waals surface area contributed by atoms with E-state index in [2.05, 4.69) is 9.97 Å². The monoisotopic (exact) mass is 275 g/mol. The minimum Gasteiger partial charge on any atom is -0.395 e. The molecule has 1 aromatic carbocycles. The summed E-state index contributed by atoms with van der Waals surface area (Å²) >= 11 is 0. The fourth-order valence-electron chi connectivity index (χ4n) is 2.79. The molecule has 1 aliphatic heterocycles. The Hall–Kier alpha value is -1.60. The Morgan fingerprint density at radius 1 is 1.30 bits per heavy atom. The molecule has 1 fully saturated rings. The second-order valence-electron chi connectivity index (χ2n) is 5.12. The summed E-state index contributed by atoms with van der Waals surface area (Å²) in [6.07, 6.45) is 1.52. The van der Waals surface area contributed by atoms with Gasteiger partial charge in [0.1, 0.15) is 6.33 Å². The number of benzene rings is 1. The number of aromatic nitrogens is 2. The summed E-state index contributed by atoms with van der Waals surface area (Å²) in [5.74, 6) is 0.